The van der Waals surface area contributed by atoms with Crippen molar-refractivity contribution >= 4 is 5.97 Å². The summed E-state index contributed by atoms with van der Waals surface area (Å²) < 4.78 is 10.8. The SMILES string of the molecule is C[C@@H]1CCOC2=CC=CC=C[C@H]2C(=O)O1. The van der Waals surface area contributed by atoms with Crippen LogP contribution < -0.4 is 0 Å². The fourth-order valence-electron chi connectivity index (χ4n) is 1.59. The van der Waals surface area contributed by atoms with Gasteiger partial charge in [0.1, 0.15) is 17.8 Å². The minimum absolute atomic E-state index is 0.0661. The van der Waals surface area contributed by atoms with Crippen LogP contribution in [0.3, 0.4) is 0 Å². The van der Waals surface area contributed by atoms with Gasteiger partial charge in [0.15, 0.2) is 0 Å². The largest absolute Gasteiger partial charge is 0.497 e. The first-order valence-corrected chi connectivity index (χ1v) is 5.16. The summed E-state index contributed by atoms with van der Waals surface area (Å²) in [6.07, 6.45) is 9.87. The Morgan fingerprint density at radius 3 is 3.07 bits per heavy atom. The van der Waals surface area contributed by atoms with Gasteiger partial charge in [-0.25, -0.2) is 0 Å². The fourth-order valence-corrected chi connectivity index (χ4v) is 1.59. The first kappa shape index (κ1) is 10.0. The highest BCUT2D eigenvalue weighted by Crippen LogP contribution is 2.22. The molecule has 80 valence electrons. The number of fused-ring (bicyclic) bond motifs is 1. The standard InChI is InChI=1S/C12H14O3/c1-9-7-8-14-11-6-4-2-3-5-10(11)12(13)15-9/h2-6,9-10H,7-8H2,1H3/t9-,10-/m1/s1. The summed E-state index contributed by atoms with van der Waals surface area (Å²) >= 11 is 0. The maximum atomic E-state index is 11.7. The summed E-state index contributed by atoms with van der Waals surface area (Å²) in [4.78, 5) is 11.7. The lowest BCUT2D eigenvalue weighted by Crippen LogP contribution is -2.27. The van der Waals surface area contributed by atoms with Crippen LogP contribution in [-0.2, 0) is 14.3 Å². The first-order chi connectivity index (χ1) is 7.27. The number of esters is 1. The third-order valence-electron chi connectivity index (χ3n) is 2.46. The Bertz CT molecular complexity index is 339. The summed E-state index contributed by atoms with van der Waals surface area (Å²) in [7, 11) is 0. The van der Waals surface area contributed by atoms with Crippen LogP contribution in [0.5, 0.6) is 0 Å². The number of allylic oxidation sites excluding steroid dienone is 4. The van der Waals surface area contributed by atoms with E-state index < -0.39 is 0 Å². The molecular formula is C12H14O3. The molecule has 1 aliphatic carbocycles. The molecule has 0 spiro atoms. The predicted octanol–water partition coefficient (Wildman–Crippen LogP) is 1.96. The van der Waals surface area contributed by atoms with Crippen LogP contribution in [-0.4, -0.2) is 18.7 Å². The minimum atomic E-state index is -0.386. The number of hydrogen-bond acceptors (Lipinski definition) is 3. The second-order valence-corrected chi connectivity index (χ2v) is 3.70. The lowest BCUT2D eigenvalue weighted by Gasteiger charge is -2.23. The molecule has 0 saturated carbocycles. The topological polar surface area (TPSA) is 35.5 Å². The van der Waals surface area contributed by atoms with Gasteiger partial charge in [-0.05, 0) is 13.0 Å². The van der Waals surface area contributed by atoms with Gasteiger partial charge in [0.05, 0.1) is 6.61 Å². The van der Waals surface area contributed by atoms with Crippen molar-refractivity contribution in [1.29, 1.82) is 0 Å². The molecule has 0 N–H and O–H groups in total. The Morgan fingerprint density at radius 2 is 2.20 bits per heavy atom. The summed E-state index contributed by atoms with van der Waals surface area (Å²) in [5.41, 5.74) is 0. The second-order valence-electron chi connectivity index (χ2n) is 3.70. The highest BCUT2D eigenvalue weighted by atomic mass is 16.6. The van der Waals surface area contributed by atoms with E-state index in [0.717, 1.165) is 6.42 Å². The summed E-state index contributed by atoms with van der Waals surface area (Å²) in [5, 5.41) is 0. The van der Waals surface area contributed by atoms with E-state index >= 15 is 0 Å². The number of cyclic esters (lactones) is 1. The number of carbonyl (C=O) groups is 1. The zero-order valence-corrected chi connectivity index (χ0v) is 8.68. The van der Waals surface area contributed by atoms with Crippen molar-refractivity contribution in [3.8, 4) is 0 Å². The quantitative estimate of drug-likeness (QED) is 0.568. The molecule has 15 heavy (non-hydrogen) atoms. The molecule has 3 heteroatoms. The molecule has 0 bridgehead atoms. The van der Waals surface area contributed by atoms with Crippen molar-refractivity contribution in [3.05, 3.63) is 36.1 Å². The molecule has 0 aromatic heterocycles. The third-order valence-corrected chi connectivity index (χ3v) is 2.46. The molecule has 1 saturated heterocycles. The first-order valence-electron chi connectivity index (χ1n) is 5.16. The van der Waals surface area contributed by atoms with E-state index in [1.807, 2.05) is 31.2 Å². The second kappa shape index (κ2) is 4.34. The summed E-state index contributed by atoms with van der Waals surface area (Å²) in [6, 6.07) is 0. The van der Waals surface area contributed by atoms with Gasteiger partial charge in [-0.3, -0.25) is 4.79 Å². The predicted molar refractivity (Wildman–Crippen MR) is 56.0 cm³/mol. The van der Waals surface area contributed by atoms with E-state index in [2.05, 4.69) is 0 Å². The molecule has 0 amide bonds. The van der Waals surface area contributed by atoms with Crippen LogP contribution in [0.15, 0.2) is 36.1 Å². The van der Waals surface area contributed by atoms with Gasteiger partial charge in [0.2, 0.25) is 0 Å². The van der Waals surface area contributed by atoms with Crippen molar-refractivity contribution in [2.45, 2.75) is 19.4 Å². The summed E-state index contributed by atoms with van der Waals surface area (Å²) in [6.45, 7) is 2.48. The van der Waals surface area contributed by atoms with Gasteiger partial charge in [-0.15, -0.1) is 0 Å². The Hall–Kier alpha value is -1.51. The summed E-state index contributed by atoms with van der Waals surface area (Å²) in [5.74, 6) is 0.0630. The number of rotatable bonds is 0. The molecule has 1 heterocycles. The average Bonchev–Trinajstić information content (AvgIpc) is 2.41. The van der Waals surface area contributed by atoms with Crippen LogP contribution in [0.2, 0.25) is 0 Å². The molecule has 0 radical (unpaired) electrons. The molecule has 2 aliphatic rings. The molecule has 0 aromatic carbocycles. The molecule has 2 rings (SSSR count). The van der Waals surface area contributed by atoms with Crippen LogP contribution in [0.1, 0.15) is 13.3 Å². The average molecular weight is 206 g/mol. The molecule has 3 nitrogen and oxygen atoms in total. The zero-order chi connectivity index (χ0) is 10.7. The van der Waals surface area contributed by atoms with Crippen LogP contribution in [0.25, 0.3) is 0 Å². The lowest BCUT2D eigenvalue weighted by atomic mass is 10.1. The number of carbonyl (C=O) groups excluding carboxylic acids is 1. The van der Waals surface area contributed by atoms with Crippen LogP contribution in [0, 0.1) is 5.92 Å². The number of hydrogen-bond donors (Lipinski definition) is 0. The van der Waals surface area contributed by atoms with Gasteiger partial charge in [0, 0.05) is 6.42 Å². The highest BCUT2D eigenvalue weighted by Gasteiger charge is 2.27. The van der Waals surface area contributed by atoms with Gasteiger partial charge >= 0.3 is 5.97 Å². The van der Waals surface area contributed by atoms with Crippen LogP contribution >= 0.6 is 0 Å². The zero-order valence-electron chi connectivity index (χ0n) is 8.68. The van der Waals surface area contributed by atoms with Crippen molar-refractivity contribution in [2.75, 3.05) is 6.61 Å². The molecule has 1 fully saturated rings. The monoisotopic (exact) mass is 206 g/mol. The number of ether oxygens (including phenoxy) is 2. The van der Waals surface area contributed by atoms with Crippen molar-refractivity contribution in [1.82, 2.24) is 0 Å². The molecular weight excluding hydrogens is 192 g/mol. The van der Waals surface area contributed by atoms with E-state index in [4.69, 9.17) is 9.47 Å². The van der Waals surface area contributed by atoms with Crippen molar-refractivity contribution in [2.24, 2.45) is 5.92 Å². The Labute approximate surface area is 89.1 Å². The molecule has 2 atom stereocenters. The van der Waals surface area contributed by atoms with Gasteiger partial charge in [-0.1, -0.05) is 24.3 Å². The van der Waals surface area contributed by atoms with Crippen molar-refractivity contribution < 1.29 is 14.3 Å². The smallest absolute Gasteiger partial charge is 0.320 e. The van der Waals surface area contributed by atoms with Crippen molar-refractivity contribution in [3.63, 3.8) is 0 Å². The van der Waals surface area contributed by atoms with E-state index in [0.29, 0.717) is 12.4 Å². The highest BCUT2D eigenvalue weighted by molar-refractivity contribution is 5.78. The van der Waals surface area contributed by atoms with E-state index in [-0.39, 0.29) is 18.0 Å². The molecule has 1 aliphatic heterocycles. The van der Waals surface area contributed by atoms with Crippen LogP contribution in [0.4, 0.5) is 0 Å². The normalized spacial score (nSPS) is 30.2. The minimum Gasteiger partial charge on any atom is -0.497 e. The van der Waals surface area contributed by atoms with E-state index in [1.54, 1.807) is 6.08 Å². The Kier molecular flexibility index (Phi) is 2.90. The van der Waals surface area contributed by atoms with Gasteiger partial charge < -0.3 is 9.47 Å². The van der Waals surface area contributed by atoms with E-state index in [9.17, 15) is 4.79 Å². The van der Waals surface area contributed by atoms with Gasteiger partial charge in [0.25, 0.3) is 0 Å². The maximum Gasteiger partial charge on any atom is 0.320 e. The van der Waals surface area contributed by atoms with Gasteiger partial charge in [-0.2, -0.15) is 0 Å². The maximum absolute atomic E-state index is 11.7. The molecule has 0 aromatic rings. The fraction of sp³-hybridized carbons (Fsp3) is 0.417. The lowest BCUT2D eigenvalue weighted by molar-refractivity contribution is -0.154. The Morgan fingerprint density at radius 1 is 1.33 bits per heavy atom. The van der Waals surface area contributed by atoms with E-state index in [1.165, 1.54) is 0 Å². The third kappa shape index (κ3) is 2.29. The Balaban J connectivity index is 2.23. The molecule has 0 unspecified atom stereocenters.